The van der Waals surface area contributed by atoms with Crippen molar-refractivity contribution in [3.8, 4) is 0 Å². The third-order valence-electron chi connectivity index (χ3n) is 1.91. The molecule has 0 saturated heterocycles. The van der Waals surface area contributed by atoms with Gasteiger partial charge in [-0.05, 0) is 6.07 Å². The van der Waals surface area contributed by atoms with Crippen LogP contribution in [-0.4, -0.2) is 17.3 Å². The Bertz CT molecular complexity index is 354. The monoisotopic (exact) mass is 230 g/mol. The van der Waals surface area contributed by atoms with E-state index in [4.69, 9.17) is 27.2 Å². The van der Waals surface area contributed by atoms with E-state index in [-0.39, 0.29) is 0 Å². The van der Waals surface area contributed by atoms with Crippen molar-refractivity contribution in [1.29, 1.82) is 0 Å². The zero-order chi connectivity index (χ0) is 11.4. The fourth-order valence-corrected chi connectivity index (χ4v) is 1.51. The van der Waals surface area contributed by atoms with Crippen LogP contribution >= 0.6 is 11.6 Å². The van der Waals surface area contributed by atoms with Crippen LogP contribution < -0.4 is 5.73 Å². The second-order valence-corrected chi connectivity index (χ2v) is 3.57. The van der Waals surface area contributed by atoms with Gasteiger partial charge in [-0.3, -0.25) is 0 Å². The molecule has 1 rings (SSSR count). The van der Waals surface area contributed by atoms with Crippen LogP contribution in [0.1, 0.15) is 18.6 Å². The predicted molar refractivity (Wildman–Crippen MR) is 57.9 cm³/mol. The van der Waals surface area contributed by atoms with E-state index >= 15 is 0 Å². The zero-order valence-electron chi connectivity index (χ0n) is 8.24. The van der Waals surface area contributed by atoms with Gasteiger partial charge in [-0.2, -0.15) is 0 Å². The molecule has 1 aromatic carbocycles. The largest absolute Gasteiger partial charge is 0.440 e. The van der Waals surface area contributed by atoms with Gasteiger partial charge in [0.25, 0.3) is 0 Å². The minimum Gasteiger partial charge on any atom is -0.440 e. The molecule has 0 aromatic heterocycles. The first-order chi connectivity index (χ1) is 7.02. The smallest absolute Gasteiger partial charge is 0.405 e. The maximum atomic E-state index is 10.7. The van der Waals surface area contributed by atoms with Gasteiger partial charge in [-0.25, -0.2) is 4.79 Å². The van der Waals surface area contributed by atoms with Gasteiger partial charge in [-0.15, -0.1) is 0 Å². The first-order valence-corrected chi connectivity index (χ1v) is 4.81. The number of nitrogens with two attached hydrogens (primary N) is 1. The second-order valence-electron chi connectivity index (χ2n) is 3.17. The number of hydrogen-bond acceptors (Lipinski definition) is 2. The van der Waals surface area contributed by atoms with Crippen LogP contribution in [0, 0.1) is 0 Å². The Morgan fingerprint density at radius 1 is 1.53 bits per heavy atom. The number of carbonyl (C=O) groups excluding carboxylic acids is 1. The molecular formula is C10H13ClNO3+. The standard InChI is InChI=1S/C10H12ClNO3/c1-6(13)9(15-10(12)14)7-4-2-3-5-8(7)11/h2-6,9,13H,1H3,(H2,12,14)/p+1. The first kappa shape index (κ1) is 11.8. The van der Waals surface area contributed by atoms with E-state index in [0.29, 0.717) is 10.6 Å². The maximum Gasteiger partial charge on any atom is 0.405 e. The Kier molecular flexibility index (Phi) is 3.94. The van der Waals surface area contributed by atoms with Gasteiger partial charge in [-0.1, -0.05) is 29.8 Å². The SMILES string of the molecule is CC([OH2+])C(OC(N)=O)c1ccccc1Cl. The molecule has 5 heteroatoms. The lowest BCUT2D eigenvalue weighted by Crippen LogP contribution is -2.25. The highest BCUT2D eigenvalue weighted by atomic mass is 35.5. The van der Waals surface area contributed by atoms with E-state index < -0.39 is 18.3 Å². The molecule has 0 fully saturated rings. The molecule has 1 amide bonds. The fraction of sp³-hybridized carbons (Fsp3) is 0.300. The lowest BCUT2D eigenvalue weighted by atomic mass is 10.1. The average Bonchev–Trinajstić information content (AvgIpc) is 2.15. The molecule has 2 atom stereocenters. The molecule has 82 valence electrons. The highest BCUT2D eigenvalue weighted by Gasteiger charge is 2.26. The molecule has 0 radical (unpaired) electrons. The Morgan fingerprint density at radius 3 is 2.60 bits per heavy atom. The van der Waals surface area contributed by atoms with Crippen LogP contribution in [0.2, 0.25) is 5.02 Å². The lowest BCUT2D eigenvalue weighted by molar-refractivity contribution is 0.0148. The Hall–Kier alpha value is -1.26. The zero-order valence-corrected chi connectivity index (χ0v) is 8.99. The highest BCUT2D eigenvalue weighted by Crippen LogP contribution is 2.27. The van der Waals surface area contributed by atoms with E-state index in [1.807, 2.05) is 0 Å². The Morgan fingerprint density at radius 2 is 2.13 bits per heavy atom. The number of amides is 1. The lowest BCUT2D eigenvalue weighted by Gasteiger charge is -2.17. The summed E-state index contributed by atoms with van der Waals surface area (Å²) >= 11 is 5.93. The molecule has 0 bridgehead atoms. The topological polar surface area (TPSA) is 75.2 Å². The van der Waals surface area contributed by atoms with Crippen LogP contribution in [0.15, 0.2) is 24.3 Å². The predicted octanol–water partition coefficient (Wildman–Crippen LogP) is 1.59. The Labute approximate surface area is 92.6 Å². The summed E-state index contributed by atoms with van der Waals surface area (Å²) in [5.41, 5.74) is 5.53. The average molecular weight is 231 g/mol. The van der Waals surface area contributed by atoms with Crippen molar-refractivity contribution in [2.24, 2.45) is 5.73 Å². The van der Waals surface area contributed by atoms with Crippen molar-refractivity contribution >= 4 is 17.7 Å². The molecule has 1 aromatic rings. The second kappa shape index (κ2) is 5.00. The summed E-state index contributed by atoms with van der Waals surface area (Å²) in [7, 11) is 0. The van der Waals surface area contributed by atoms with Crippen molar-refractivity contribution in [2.75, 3.05) is 0 Å². The summed E-state index contributed by atoms with van der Waals surface area (Å²) in [5, 5.41) is 8.03. The third kappa shape index (κ3) is 3.11. The van der Waals surface area contributed by atoms with E-state index in [1.54, 1.807) is 31.2 Å². The highest BCUT2D eigenvalue weighted by molar-refractivity contribution is 6.31. The van der Waals surface area contributed by atoms with Crippen LogP contribution in [0.3, 0.4) is 0 Å². The molecule has 4 nitrogen and oxygen atoms in total. The van der Waals surface area contributed by atoms with Gasteiger partial charge in [0.2, 0.25) is 6.10 Å². The number of primary amides is 1. The van der Waals surface area contributed by atoms with Crippen molar-refractivity contribution < 1.29 is 14.6 Å². The molecule has 0 saturated carbocycles. The number of ether oxygens (including phenoxy) is 1. The summed E-state index contributed by atoms with van der Waals surface area (Å²) in [4.78, 5) is 10.7. The van der Waals surface area contributed by atoms with E-state index in [0.717, 1.165) is 0 Å². The van der Waals surface area contributed by atoms with Crippen molar-refractivity contribution in [1.82, 2.24) is 0 Å². The molecule has 0 aliphatic heterocycles. The van der Waals surface area contributed by atoms with Gasteiger partial charge in [0.15, 0.2) is 6.10 Å². The van der Waals surface area contributed by atoms with Gasteiger partial charge < -0.3 is 15.6 Å². The van der Waals surface area contributed by atoms with E-state index in [1.165, 1.54) is 0 Å². The van der Waals surface area contributed by atoms with Crippen molar-refractivity contribution in [2.45, 2.75) is 19.1 Å². The molecule has 0 aliphatic rings. The van der Waals surface area contributed by atoms with Crippen molar-refractivity contribution in [3.63, 3.8) is 0 Å². The molecule has 0 spiro atoms. The summed E-state index contributed by atoms with van der Waals surface area (Å²) < 4.78 is 4.85. The van der Waals surface area contributed by atoms with Gasteiger partial charge in [0.1, 0.15) is 0 Å². The van der Waals surface area contributed by atoms with Gasteiger partial charge >= 0.3 is 6.09 Å². The quantitative estimate of drug-likeness (QED) is 0.801. The summed E-state index contributed by atoms with van der Waals surface area (Å²) in [6.07, 6.45) is -2.26. The first-order valence-electron chi connectivity index (χ1n) is 4.44. The van der Waals surface area contributed by atoms with E-state index in [9.17, 15) is 4.79 Å². The van der Waals surface area contributed by atoms with Gasteiger partial charge in [0.05, 0.1) is 0 Å². The van der Waals surface area contributed by atoms with Crippen LogP contribution in [-0.2, 0) is 4.74 Å². The molecule has 15 heavy (non-hydrogen) atoms. The Balaban J connectivity index is 2.99. The number of halogens is 1. The molecular weight excluding hydrogens is 218 g/mol. The normalized spacial score (nSPS) is 14.3. The number of hydrogen-bond donors (Lipinski definition) is 1. The minimum atomic E-state index is -0.904. The van der Waals surface area contributed by atoms with Crippen LogP contribution in [0.25, 0.3) is 0 Å². The van der Waals surface area contributed by atoms with Crippen LogP contribution in [0.4, 0.5) is 4.79 Å². The van der Waals surface area contributed by atoms with Gasteiger partial charge in [0, 0.05) is 17.5 Å². The number of rotatable bonds is 3. The van der Waals surface area contributed by atoms with Crippen LogP contribution in [0.5, 0.6) is 0 Å². The summed E-state index contributed by atoms with van der Waals surface area (Å²) in [6, 6.07) is 6.92. The number of carbonyl (C=O) groups is 1. The molecule has 0 heterocycles. The summed E-state index contributed by atoms with van der Waals surface area (Å²) in [6.45, 7) is 1.61. The molecule has 4 N–H and O–H groups in total. The number of benzene rings is 1. The third-order valence-corrected chi connectivity index (χ3v) is 2.25. The molecule has 2 unspecified atom stereocenters. The summed E-state index contributed by atoms with van der Waals surface area (Å²) in [5.74, 6) is 0. The minimum absolute atomic E-state index is 0.461. The van der Waals surface area contributed by atoms with Crippen molar-refractivity contribution in [3.05, 3.63) is 34.9 Å². The maximum absolute atomic E-state index is 10.7. The van der Waals surface area contributed by atoms with E-state index in [2.05, 4.69) is 0 Å². The molecule has 0 aliphatic carbocycles. The fourth-order valence-electron chi connectivity index (χ4n) is 1.27.